The molecule has 2 aromatic rings. The summed E-state index contributed by atoms with van der Waals surface area (Å²) in [7, 11) is 0. The highest BCUT2D eigenvalue weighted by Gasteiger charge is 2.06. The second-order valence-electron chi connectivity index (χ2n) is 4.93. The Labute approximate surface area is 116 Å². The summed E-state index contributed by atoms with van der Waals surface area (Å²) in [6.07, 6.45) is 8.35. The largest absolute Gasteiger partial charge is 0.0764 e. The quantitative estimate of drug-likeness (QED) is 0.619. The van der Waals surface area contributed by atoms with Crippen LogP contribution in [-0.4, -0.2) is 0 Å². The smallest absolute Gasteiger partial charge is 0.00213 e. The first-order valence-electron chi connectivity index (χ1n) is 7.18. The van der Waals surface area contributed by atoms with Gasteiger partial charge in [0.25, 0.3) is 0 Å². The van der Waals surface area contributed by atoms with Gasteiger partial charge in [-0.2, -0.15) is 0 Å². The lowest BCUT2D eigenvalue weighted by atomic mass is 9.92. The molecule has 0 aromatic heterocycles. The number of rotatable bonds is 6. The second kappa shape index (κ2) is 7.58. The second-order valence-corrected chi connectivity index (χ2v) is 4.93. The molecule has 0 saturated carbocycles. The molecule has 0 bridgehead atoms. The summed E-state index contributed by atoms with van der Waals surface area (Å²) in [6.45, 7) is 2.25. The fourth-order valence-electron chi connectivity index (χ4n) is 2.29. The van der Waals surface area contributed by atoms with Crippen LogP contribution in [0.1, 0.15) is 43.2 Å². The summed E-state index contributed by atoms with van der Waals surface area (Å²) in [6, 6.07) is 21.3. The zero-order chi connectivity index (χ0) is 13.3. The molecule has 19 heavy (non-hydrogen) atoms. The van der Waals surface area contributed by atoms with Crippen LogP contribution in [0.5, 0.6) is 0 Å². The van der Waals surface area contributed by atoms with E-state index in [4.69, 9.17) is 0 Å². The highest BCUT2D eigenvalue weighted by Crippen LogP contribution is 2.24. The van der Waals surface area contributed by atoms with Crippen LogP contribution in [0.15, 0.2) is 66.7 Å². The molecule has 0 fully saturated rings. The van der Waals surface area contributed by atoms with Crippen LogP contribution in [0.4, 0.5) is 0 Å². The molecule has 0 heteroatoms. The van der Waals surface area contributed by atoms with E-state index in [-0.39, 0.29) is 0 Å². The minimum Gasteiger partial charge on any atom is -0.0764 e. The SMILES string of the molecule is CCCC[C@H](/C=C/c1ccccc1)c1ccccc1. The summed E-state index contributed by atoms with van der Waals surface area (Å²) in [4.78, 5) is 0. The average Bonchev–Trinajstić information content (AvgIpc) is 2.49. The molecule has 0 heterocycles. The van der Waals surface area contributed by atoms with Gasteiger partial charge in [-0.25, -0.2) is 0 Å². The van der Waals surface area contributed by atoms with Gasteiger partial charge in [-0.05, 0) is 17.5 Å². The van der Waals surface area contributed by atoms with Gasteiger partial charge in [0, 0.05) is 5.92 Å². The first kappa shape index (κ1) is 13.6. The molecule has 0 nitrogen and oxygen atoms in total. The number of allylic oxidation sites excluding steroid dienone is 1. The summed E-state index contributed by atoms with van der Waals surface area (Å²) >= 11 is 0. The van der Waals surface area contributed by atoms with E-state index in [0.717, 1.165) is 0 Å². The van der Waals surface area contributed by atoms with E-state index in [1.54, 1.807) is 0 Å². The maximum atomic E-state index is 2.35. The highest BCUT2D eigenvalue weighted by atomic mass is 14.1. The van der Waals surface area contributed by atoms with Crippen molar-refractivity contribution in [3.63, 3.8) is 0 Å². The summed E-state index contributed by atoms with van der Waals surface area (Å²) in [5, 5.41) is 0. The zero-order valence-corrected chi connectivity index (χ0v) is 11.6. The normalized spacial score (nSPS) is 12.7. The van der Waals surface area contributed by atoms with Crippen molar-refractivity contribution in [2.45, 2.75) is 32.1 Å². The van der Waals surface area contributed by atoms with Crippen molar-refractivity contribution in [3.05, 3.63) is 77.9 Å². The van der Waals surface area contributed by atoms with Crippen molar-refractivity contribution in [1.29, 1.82) is 0 Å². The van der Waals surface area contributed by atoms with E-state index in [1.165, 1.54) is 30.4 Å². The number of unbranched alkanes of at least 4 members (excludes halogenated alkanes) is 1. The van der Waals surface area contributed by atoms with Crippen molar-refractivity contribution < 1.29 is 0 Å². The lowest BCUT2D eigenvalue weighted by molar-refractivity contribution is 0.665. The molecule has 0 unspecified atom stereocenters. The maximum absolute atomic E-state index is 2.35. The van der Waals surface area contributed by atoms with Crippen LogP contribution < -0.4 is 0 Å². The lowest BCUT2D eigenvalue weighted by Gasteiger charge is -2.12. The average molecular weight is 250 g/mol. The molecule has 2 aromatic carbocycles. The van der Waals surface area contributed by atoms with Gasteiger partial charge < -0.3 is 0 Å². The third kappa shape index (κ3) is 4.40. The van der Waals surface area contributed by atoms with E-state index in [2.05, 4.69) is 79.7 Å². The first-order chi connectivity index (χ1) is 9.40. The predicted molar refractivity (Wildman–Crippen MR) is 84.2 cm³/mol. The Morgan fingerprint density at radius 1 is 0.895 bits per heavy atom. The van der Waals surface area contributed by atoms with E-state index in [1.807, 2.05) is 0 Å². The molecule has 0 aliphatic heterocycles. The number of hydrogen-bond donors (Lipinski definition) is 0. The Balaban J connectivity index is 2.12. The van der Waals surface area contributed by atoms with E-state index >= 15 is 0 Å². The minimum atomic E-state index is 0.529. The number of hydrogen-bond acceptors (Lipinski definition) is 0. The fourth-order valence-corrected chi connectivity index (χ4v) is 2.29. The fraction of sp³-hybridized carbons (Fsp3) is 0.263. The van der Waals surface area contributed by atoms with Crippen LogP contribution in [-0.2, 0) is 0 Å². The Morgan fingerprint density at radius 3 is 2.16 bits per heavy atom. The van der Waals surface area contributed by atoms with Gasteiger partial charge in [-0.15, -0.1) is 0 Å². The van der Waals surface area contributed by atoms with Crippen LogP contribution in [0, 0.1) is 0 Å². The Morgan fingerprint density at radius 2 is 1.53 bits per heavy atom. The van der Waals surface area contributed by atoms with E-state index in [9.17, 15) is 0 Å². The zero-order valence-electron chi connectivity index (χ0n) is 11.6. The molecule has 0 N–H and O–H groups in total. The predicted octanol–water partition coefficient (Wildman–Crippen LogP) is 5.67. The lowest BCUT2D eigenvalue weighted by Crippen LogP contribution is -1.94. The van der Waals surface area contributed by atoms with Crippen LogP contribution in [0.2, 0.25) is 0 Å². The van der Waals surface area contributed by atoms with Crippen molar-refractivity contribution >= 4 is 6.08 Å². The van der Waals surface area contributed by atoms with Gasteiger partial charge in [0.15, 0.2) is 0 Å². The molecule has 1 atom stereocenters. The number of benzene rings is 2. The van der Waals surface area contributed by atoms with Crippen LogP contribution >= 0.6 is 0 Å². The molecular formula is C19H22. The van der Waals surface area contributed by atoms with Gasteiger partial charge in [0.2, 0.25) is 0 Å². The highest BCUT2D eigenvalue weighted by molar-refractivity contribution is 5.50. The molecule has 2 rings (SSSR count). The van der Waals surface area contributed by atoms with E-state index < -0.39 is 0 Å². The third-order valence-corrected chi connectivity index (χ3v) is 3.42. The van der Waals surface area contributed by atoms with Crippen LogP contribution in [0.25, 0.3) is 6.08 Å². The standard InChI is InChI=1S/C19H22/c1-2-3-12-19(18-13-8-5-9-14-18)16-15-17-10-6-4-7-11-17/h4-11,13-16,19H,2-3,12H2,1H3/b16-15+/t19-/m1/s1. The van der Waals surface area contributed by atoms with Gasteiger partial charge in [0.05, 0.1) is 0 Å². The van der Waals surface area contributed by atoms with Gasteiger partial charge in [-0.3, -0.25) is 0 Å². The molecule has 0 saturated heterocycles. The Bertz CT molecular complexity index is 482. The Kier molecular flexibility index (Phi) is 5.43. The Hall–Kier alpha value is -1.82. The topological polar surface area (TPSA) is 0 Å². The summed E-state index contributed by atoms with van der Waals surface area (Å²) in [5.41, 5.74) is 2.70. The van der Waals surface area contributed by atoms with Crippen molar-refractivity contribution in [2.75, 3.05) is 0 Å². The monoisotopic (exact) mass is 250 g/mol. The third-order valence-electron chi connectivity index (χ3n) is 3.42. The van der Waals surface area contributed by atoms with E-state index in [0.29, 0.717) is 5.92 Å². The molecule has 0 aliphatic carbocycles. The van der Waals surface area contributed by atoms with Gasteiger partial charge in [-0.1, -0.05) is 92.6 Å². The molecule has 0 amide bonds. The van der Waals surface area contributed by atoms with Gasteiger partial charge >= 0.3 is 0 Å². The molecular weight excluding hydrogens is 228 g/mol. The maximum Gasteiger partial charge on any atom is 0.00213 e. The molecule has 98 valence electrons. The van der Waals surface area contributed by atoms with Gasteiger partial charge in [0.1, 0.15) is 0 Å². The molecule has 0 aliphatic rings. The molecule has 0 radical (unpaired) electrons. The molecule has 0 spiro atoms. The summed E-state index contributed by atoms with van der Waals surface area (Å²) in [5.74, 6) is 0.529. The van der Waals surface area contributed by atoms with Crippen molar-refractivity contribution in [2.24, 2.45) is 0 Å². The minimum absolute atomic E-state index is 0.529. The summed E-state index contributed by atoms with van der Waals surface area (Å²) < 4.78 is 0. The van der Waals surface area contributed by atoms with Crippen LogP contribution in [0.3, 0.4) is 0 Å². The first-order valence-corrected chi connectivity index (χ1v) is 7.18. The van der Waals surface area contributed by atoms with Crippen molar-refractivity contribution in [3.8, 4) is 0 Å². The van der Waals surface area contributed by atoms with Crippen molar-refractivity contribution in [1.82, 2.24) is 0 Å².